The van der Waals surface area contributed by atoms with Crippen LogP contribution in [0, 0.1) is 11.8 Å². The first kappa shape index (κ1) is 26.0. The number of alkyl halides is 6. The minimum absolute atomic E-state index is 0.117. The Labute approximate surface area is 192 Å². The van der Waals surface area contributed by atoms with Crippen molar-refractivity contribution < 1.29 is 31.1 Å². The number of amidine groups is 1. The second-order valence-electron chi connectivity index (χ2n) is 8.79. The summed E-state index contributed by atoms with van der Waals surface area (Å²) in [6, 6.07) is 2.00. The van der Waals surface area contributed by atoms with E-state index in [-0.39, 0.29) is 29.5 Å². The molecule has 6 nitrogen and oxygen atoms in total. The molecule has 2 fully saturated rings. The van der Waals surface area contributed by atoms with Crippen LogP contribution in [-0.2, 0) is 11.0 Å². The lowest BCUT2D eigenvalue weighted by atomic mass is 9.90. The SMILES string of the molecule is NC(=O)C(C=NC1CCC(NC(C2CC2)C(F)(F)F)CC1)C(N)=Nc1ccc(C(F)(F)F)cc1. The lowest BCUT2D eigenvalue weighted by molar-refractivity contribution is -0.163. The fourth-order valence-electron chi connectivity index (χ4n) is 4.02. The average molecular weight is 491 g/mol. The van der Waals surface area contributed by atoms with Gasteiger partial charge in [-0.05, 0) is 68.7 Å². The van der Waals surface area contributed by atoms with Crippen LogP contribution in [0.1, 0.15) is 44.1 Å². The number of hydrogen-bond donors (Lipinski definition) is 3. The maximum absolute atomic E-state index is 13.2. The van der Waals surface area contributed by atoms with Crippen LogP contribution in [0.25, 0.3) is 0 Å². The third-order valence-electron chi connectivity index (χ3n) is 6.08. The molecule has 0 spiro atoms. The molecule has 1 aromatic rings. The molecule has 0 saturated heterocycles. The van der Waals surface area contributed by atoms with Crippen LogP contribution in [0.3, 0.4) is 0 Å². The molecule has 3 rings (SSSR count). The van der Waals surface area contributed by atoms with E-state index in [0.717, 1.165) is 24.3 Å². The molecular weight excluding hydrogens is 464 g/mol. The van der Waals surface area contributed by atoms with Crippen molar-refractivity contribution in [2.24, 2.45) is 33.3 Å². The van der Waals surface area contributed by atoms with Gasteiger partial charge < -0.3 is 16.8 Å². The van der Waals surface area contributed by atoms with Gasteiger partial charge in [-0.25, -0.2) is 4.99 Å². The Hall–Kier alpha value is -2.63. The molecule has 0 aromatic heterocycles. The second kappa shape index (κ2) is 10.3. The molecule has 5 N–H and O–H groups in total. The van der Waals surface area contributed by atoms with Gasteiger partial charge in [-0.1, -0.05) is 0 Å². The standard InChI is InChI=1S/C22H27F6N5O/c23-21(24,25)13-3-5-16(6-4-13)33-19(29)17(20(30)34)11-31-14-7-9-15(10-8-14)32-18(12-1-2-12)22(26,27)28/h3-6,11-12,14-15,17-18,32H,1-2,7-10H2,(H2,29,33)(H2,30,34). The van der Waals surface area contributed by atoms with Crippen molar-refractivity contribution in [1.82, 2.24) is 5.32 Å². The molecule has 2 aliphatic carbocycles. The monoisotopic (exact) mass is 491 g/mol. The van der Waals surface area contributed by atoms with Crippen molar-refractivity contribution in [2.75, 3.05) is 0 Å². The van der Waals surface area contributed by atoms with Gasteiger partial charge >= 0.3 is 12.4 Å². The fourth-order valence-corrected chi connectivity index (χ4v) is 4.02. The van der Waals surface area contributed by atoms with E-state index < -0.39 is 35.8 Å². The number of benzene rings is 1. The highest BCUT2D eigenvalue weighted by Crippen LogP contribution is 2.41. The summed E-state index contributed by atoms with van der Waals surface area (Å²) in [5, 5.41) is 2.76. The van der Waals surface area contributed by atoms with Crippen LogP contribution in [0.15, 0.2) is 34.3 Å². The summed E-state index contributed by atoms with van der Waals surface area (Å²) >= 11 is 0. The van der Waals surface area contributed by atoms with Gasteiger partial charge in [-0.3, -0.25) is 9.79 Å². The van der Waals surface area contributed by atoms with Crippen molar-refractivity contribution in [3.63, 3.8) is 0 Å². The van der Waals surface area contributed by atoms with E-state index in [4.69, 9.17) is 11.5 Å². The third-order valence-corrected chi connectivity index (χ3v) is 6.08. The van der Waals surface area contributed by atoms with Crippen LogP contribution in [0.4, 0.5) is 32.0 Å². The molecule has 0 bridgehead atoms. The summed E-state index contributed by atoms with van der Waals surface area (Å²) in [6.07, 6.45) is -4.25. The summed E-state index contributed by atoms with van der Waals surface area (Å²) in [4.78, 5) is 20.1. The molecule has 2 aliphatic rings. The molecule has 0 radical (unpaired) electrons. The van der Waals surface area contributed by atoms with E-state index >= 15 is 0 Å². The Bertz CT molecular complexity index is 900. The third kappa shape index (κ3) is 7.18. The predicted molar refractivity (Wildman–Crippen MR) is 116 cm³/mol. The number of nitrogens with two attached hydrogens (primary N) is 2. The number of nitrogens with zero attached hydrogens (tertiary/aromatic N) is 2. The van der Waals surface area contributed by atoms with Gasteiger partial charge in [-0.2, -0.15) is 26.3 Å². The van der Waals surface area contributed by atoms with Crippen molar-refractivity contribution >= 4 is 23.6 Å². The summed E-state index contributed by atoms with van der Waals surface area (Å²) < 4.78 is 77.7. The van der Waals surface area contributed by atoms with E-state index in [1.165, 1.54) is 6.21 Å². The molecule has 34 heavy (non-hydrogen) atoms. The molecule has 0 heterocycles. The van der Waals surface area contributed by atoms with E-state index in [1.54, 1.807) is 0 Å². The topological polar surface area (TPSA) is 106 Å². The van der Waals surface area contributed by atoms with Gasteiger partial charge in [0.25, 0.3) is 0 Å². The quantitative estimate of drug-likeness (QED) is 0.290. The molecule has 188 valence electrons. The van der Waals surface area contributed by atoms with Crippen molar-refractivity contribution in [1.29, 1.82) is 0 Å². The van der Waals surface area contributed by atoms with Crippen LogP contribution >= 0.6 is 0 Å². The largest absolute Gasteiger partial charge is 0.416 e. The predicted octanol–water partition coefficient (Wildman–Crippen LogP) is 4.11. The van der Waals surface area contributed by atoms with Crippen LogP contribution < -0.4 is 16.8 Å². The lowest BCUT2D eigenvalue weighted by Crippen LogP contribution is -2.50. The second-order valence-corrected chi connectivity index (χ2v) is 8.79. The number of halogens is 6. The van der Waals surface area contributed by atoms with Gasteiger partial charge in [-0.15, -0.1) is 0 Å². The Morgan fingerprint density at radius 3 is 2.03 bits per heavy atom. The number of amides is 1. The summed E-state index contributed by atoms with van der Waals surface area (Å²) in [5.74, 6) is -2.56. The first-order chi connectivity index (χ1) is 15.8. The highest BCUT2D eigenvalue weighted by molar-refractivity contribution is 6.14. The average Bonchev–Trinajstić information content (AvgIpc) is 3.57. The van der Waals surface area contributed by atoms with Crippen molar-refractivity contribution in [3.8, 4) is 0 Å². The molecule has 1 aromatic carbocycles. The zero-order valence-corrected chi connectivity index (χ0v) is 18.2. The lowest BCUT2D eigenvalue weighted by Gasteiger charge is -2.32. The zero-order chi connectivity index (χ0) is 25.1. The zero-order valence-electron chi connectivity index (χ0n) is 18.2. The maximum Gasteiger partial charge on any atom is 0.416 e. The first-order valence-electron chi connectivity index (χ1n) is 11.0. The van der Waals surface area contributed by atoms with E-state index in [0.29, 0.717) is 38.5 Å². The number of aliphatic imine (C=N–C) groups is 2. The van der Waals surface area contributed by atoms with Crippen molar-refractivity contribution in [3.05, 3.63) is 29.8 Å². The minimum atomic E-state index is -4.49. The number of carbonyl (C=O) groups is 1. The Balaban J connectivity index is 1.57. The number of carbonyl (C=O) groups excluding carboxylic acids is 1. The summed E-state index contributed by atoms with van der Waals surface area (Å²) in [5.41, 5.74) is 10.5. The van der Waals surface area contributed by atoms with Crippen LogP contribution in [0.5, 0.6) is 0 Å². The molecule has 2 atom stereocenters. The minimum Gasteiger partial charge on any atom is -0.386 e. The summed E-state index contributed by atoms with van der Waals surface area (Å²) in [7, 11) is 0. The van der Waals surface area contributed by atoms with E-state index in [9.17, 15) is 31.1 Å². The Kier molecular flexibility index (Phi) is 7.89. The van der Waals surface area contributed by atoms with Gasteiger partial charge in [0.1, 0.15) is 17.8 Å². The highest BCUT2D eigenvalue weighted by atomic mass is 19.4. The number of hydrogen-bond acceptors (Lipinski definition) is 4. The maximum atomic E-state index is 13.2. The van der Waals surface area contributed by atoms with Gasteiger partial charge in [0.05, 0.1) is 11.3 Å². The number of rotatable bonds is 8. The summed E-state index contributed by atoms with van der Waals surface area (Å²) in [6.45, 7) is 0. The number of nitrogens with one attached hydrogen (secondary N) is 1. The van der Waals surface area contributed by atoms with Gasteiger partial charge in [0, 0.05) is 18.3 Å². The molecule has 0 aliphatic heterocycles. The Morgan fingerprint density at radius 2 is 1.56 bits per heavy atom. The van der Waals surface area contributed by atoms with Crippen molar-refractivity contribution in [2.45, 2.75) is 69.0 Å². The molecule has 2 unspecified atom stereocenters. The van der Waals surface area contributed by atoms with E-state index in [1.807, 2.05) is 0 Å². The molecule has 1 amide bonds. The smallest absolute Gasteiger partial charge is 0.386 e. The van der Waals surface area contributed by atoms with Gasteiger partial charge in [0.2, 0.25) is 5.91 Å². The van der Waals surface area contributed by atoms with Crippen LogP contribution in [0.2, 0.25) is 0 Å². The van der Waals surface area contributed by atoms with Gasteiger partial charge in [0.15, 0.2) is 0 Å². The van der Waals surface area contributed by atoms with E-state index in [2.05, 4.69) is 15.3 Å². The number of primary amides is 1. The van der Waals surface area contributed by atoms with Crippen LogP contribution in [-0.4, -0.2) is 42.3 Å². The molecule has 12 heteroatoms. The fraction of sp³-hybridized carbons (Fsp3) is 0.591. The Morgan fingerprint density at radius 1 is 0.971 bits per heavy atom. The molecule has 2 saturated carbocycles. The molecular formula is C22H27F6N5O. The first-order valence-corrected chi connectivity index (χ1v) is 11.0. The normalized spacial score (nSPS) is 24.2. The highest BCUT2D eigenvalue weighted by Gasteiger charge is 2.49.